The van der Waals surface area contributed by atoms with Gasteiger partial charge >= 0.3 is 0 Å². The average Bonchev–Trinajstić information content (AvgIpc) is 3.04. The highest BCUT2D eigenvalue weighted by Gasteiger charge is 2.22. The van der Waals surface area contributed by atoms with Crippen LogP contribution in [0.2, 0.25) is 10.0 Å². The van der Waals surface area contributed by atoms with E-state index in [0.29, 0.717) is 45.2 Å². The second-order valence-corrected chi connectivity index (χ2v) is 10.2. The van der Waals surface area contributed by atoms with Crippen molar-refractivity contribution in [2.24, 2.45) is 0 Å². The summed E-state index contributed by atoms with van der Waals surface area (Å²) in [7, 11) is 3.90. The van der Waals surface area contributed by atoms with Gasteiger partial charge in [0.15, 0.2) is 0 Å². The number of aromatic nitrogens is 2. The minimum absolute atomic E-state index is 0.0689. The second-order valence-electron chi connectivity index (χ2n) is 9.40. The predicted octanol–water partition coefficient (Wildman–Crippen LogP) is 5.72. The Morgan fingerprint density at radius 3 is 2.59 bits per heavy atom. The van der Waals surface area contributed by atoms with Crippen LogP contribution in [0, 0.1) is 0 Å². The fraction of sp³-hybridized carbons (Fsp3) is 0.172. The molecule has 1 unspecified atom stereocenters. The van der Waals surface area contributed by atoms with Crippen LogP contribution in [-0.4, -0.2) is 47.3 Å². The number of likely N-dealkylation sites (N-methyl/N-ethyl adjacent to an activating group) is 1. The van der Waals surface area contributed by atoms with Crippen LogP contribution in [0.1, 0.15) is 27.5 Å². The number of hydrogen-bond acceptors (Lipinski definition) is 6. The van der Waals surface area contributed by atoms with E-state index in [4.69, 9.17) is 23.2 Å². The number of carbonyl (C=O) groups is 2. The SMILES string of the molecule is CN(C)C(CNC(=O)c1ccc(Nc2ncc3c(n2)-c2ccc(Cl)cc2NC(=O)C3)cc1)c1ccccc1Cl. The molecule has 1 aromatic heterocycles. The number of amides is 2. The van der Waals surface area contributed by atoms with E-state index in [9.17, 15) is 9.59 Å². The molecule has 2 heterocycles. The van der Waals surface area contributed by atoms with Crippen LogP contribution in [0.4, 0.5) is 17.3 Å². The molecule has 1 atom stereocenters. The summed E-state index contributed by atoms with van der Waals surface area (Å²) in [5.74, 6) is 0.0307. The summed E-state index contributed by atoms with van der Waals surface area (Å²) in [6.07, 6.45) is 1.81. The van der Waals surface area contributed by atoms with E-state index < -0.39 is 0 Å². The van der Waals surface area contributed by atoms with Crippen LogP contribution >= 0.6 is 23.2 Å². The van der Waals surface area contributed by atoms with Crippen LogP contribution in [0.3, 0.4) is 0 Å². The molecule has 0 radical (unpaired) electrons. The fourth-order valence-electron chi connectivity index (χ4n) is 4.46. The van der Waals surface area contributed by atoms with Gasteiger partial charge in [-0.1, -0.05) is 41.4 Å². The van der Waals surface area contributed by atoms with Gasteiger partial charge in [-0.05, 0) is 68.2 Å². The summed E-state index contributed by atoms with van der Waals surface area (Å²) < 4.78 is 0. The monoisotopic (exact) mass is 560 g/mol. The molecule has 1 aliphatic heterocycles. The van der Waals surface area contributed by atoms with Crippen LogP contribution < -0.4 is 16.0 Å². The van der Waals surface area contributed by atoms with Crippen molar-refractivity contribution in [3.8, 4) is 11.3 Å². The minimum atomic E-state index is -0.186. The summed E-state index contributed by atoms with van der Waals surface area (Å²) in [6, 6.07) is 19.9. The molecule has 0 aliphatic carbocycles. The molecule has 5 rings (SSSR count). The van der Waals surface area contributed by atoms with Crippen molar-refractivity contribution in [2.75, 3.05) is 31.3 Å². The molecular weight excluding hydrogens is 535 g/mol. The Kier molecular flexibility index (Phi) is 7.79. The van der Waals surface area contributed by atoms with Crippen molar-refractivity contribution in [3.63, 3.8) is 0 Å². The number of hydrogen-bond donors (Lipinski definition) is 3. The van der Waals surface area contributed by atoms with Crippen LogP contribution in [0.25, 0.3) is 11.3 Å². The zero-order valence-corrected chi connectivity index (χ0v) is 22.8. The van der Waals surface area contributed by atoms with E-state index in [1.54, 1.807) is 42.6 Å². The van der Waals surface area contributed by atoms with Crippen molar-refractivity contribution >= 4 is 52.3 Å². The van der Waals surface area contributed by atoms with Crippen molar-refractivity contribution in [2.45, 2.75) is 12.5 Å². The lowest BCUT2D eigenvalue weighted by atomic mass is 10.1. The quantitative estimate of drug-likeness (QED) is 0.267. The largest absolute Gasteiger partial charge is 0.350 e. The van der Waals surface area contributed by atoms with Gasteiger partial charge in [0.2, 0.25) is 11.9 Å². The van der Waals surface area contributed by atoms with E-state index >= 15 is 0 Å². The maximum absolute atomic E-state index is 12.9. The van der Waals surface area contributed by atoms with Gasteiger partial charge in [-0.15, -0.1) is 0 Å². The Balaban J connectivity index is 1.29. The van der Waals surface area contributed by atoms with E-state index in [1.807, 2.05) is 49.3 Å². The van der Waals surface area contributed by atoms with Gasteiger partial charge in [-0.25, -0.2) is 9.97 Å². The van der Waals surface area contributed by atoms with Crippen molar-refractivity contribution < 1.29 is 9.59 Å². The Hall–Kier alpha value is -3.98. The molecule has 10 heteroatoms. The van der Waals surface area contributed by atoms with Gasteiger partial charge in [0.1, 0.15) is 0 Å². The molecule has 1 aliphatic rings. The van der Waals surface area contributed by atoms with Crippen molar-refractivity contribution in [1.82, 2.24) is 20.2 Å². The molecule has 39 heavy (non-hydrogen) atoms. The normalized spacial score (nSPS) is 13.1. The Labute approximate surface area is 236 Å². The first-order valence-corrected chi connectivity index (χ1v) is 13.1. The maximum Gasteiger partial charge on any atom is 0.251 e. The third-order valence-corrected chi connectivity index (χ3v) is 7.05. The van der Waals surface area contributed by atoms with Crippen molar-refractivity contribution in [3.05, 3.63) is 99.7 Å². The summed E-state index contributed by atoms with van der Waals surface area (Å²) >= 11 is 12.5. The minimum Gasteiger partial charge on any atom is -0.350 e. The number of anilines is 3. The van der Waals surface area contributed by atoms with E-state index in [-0.39, 0.29) is 24.3 Å². The Morgan fingerprint density at radius 1 is 1.08 bits per heavy atom. The molecule has 4 aromatic rings. The number of benzene rings is 3. The highest BCUT2D eigenvalue weighted by atomic mass is 35.5. The molecule has 198 valence electrons. The smallest absolute Gasteiger partial charge is 0.251 e. The average molecular weight is 561 g/mol. The van der Waals surface area contributed by atoms with Gasteiger partial charge in [0.25, 0.3) is 5.91 Å². The first-order valence-electron chi connectivity index (χ1n) is 12.3. The Morgan fingerprint density at radius 2 is 1.85 bits per heavy atom. The van der Waals surface area contributed by atoms with Crippen LogP contribution in [-0.2, 0) is 11.2 Å². The molecule has 2 amide bonds. The van der Waals surface area contributed by atoms with E-state index in [1.165, 1.54) is 0 Å². The topological polar surface area (TPSA) is 99.2 Å². The van der Waals surface area contributed by atoms with Gasteiger partial charge in [0, 0.05) is 45.2 Å². The fourth-order valence-corrected chi connectivity index (χ4v) is 4.90. The lowest BCUT2D eigenvalue weighted by molar-refractivity contribution is -0.115. The molecule has 0 bridgehead atoms. The first kappa shape index (κ1) is 26.6. The van der Waals surface area contributed by atoms with Gasteiger partial charge < -0.3 is 20.9 Å². The standard InChI is InChI=1S/C29H26Cl2N6O2/c1-37(2)25(21-5-3-4-6-23(21)31)16-32-28(39)17-7-10-20(11-8-17)34-29-33-15-18-13-26(38)35-24-14-19(30)9-12-22(24)27(18)36-29/h3-12,14-15,25H,13,16H2,1-2H3,(H,32,39)(H,35,38)(H,33,34,36). The summed E-state index contributed by atoms with van der Waals surface area (Å²) in [5.41, 5.74) is 4.95. The lowest BCUT2D eigenvalue weighted by Gasteiger charge is -2.26. The van der Waals surface area contributed by atoms with Gasteiger partial charge in [-0.3, -0.25) is 9.59 Å². The van der Waals surface area contributed by atoms with E-state index in [0.717, 1.165) is 16.7 Å². The van der Waals surface area contributed by atoms with Crippen LogP contribution in [0.5, 0.6) is 0 Å². The third-order valence-electron chi connectivity index (χ3n) is 6.47. The predicted molar refractivity (Wildman–Crippen MR) is 155 cm³/mol. The molecule has 0 spiro atoms. The van der Waals surface area contributed by atoms with Crippen molar-refractivity contribution in [1.29, 1.82) is 0 Å². The number of nitrogens with zero attached hydrogens (tertiary/aromatic N) is 3. The number of fused-ring (bicyclic) bond motifs is 3. The molecule has 8 nitrogen and oxygen atoms in total. The number of halogens is 2. The summed E-state index contributed by atoms with van der Waals surface area (Å²) in [4.78, 5) is 36.3. The zero-order chi connectivity index (χ0) is 27.5. The summed E-state index contributed by atoms with van der Waals surface area (Å²) in [6.45, 7) is 0.405. The highest BCUT2D eigenvalue weighted by molar-refractivity contribution is 6.31. The number of nitrogens with one attached hydrogen (secondary N) is 3. The molecule has 0 saturated carbocycles. The van der Waals surface area contributed by atoms with Gasteiger partial charge in [-0.2, -0.15) is 0 Å². The molecular formula is C29H26Cl2N6O2. The third kappa shape index (κ3) is 6.04. The molecule has 3 aromatic carbocycles. The lowest BCUT2D eigenvalue weighted by Crippen LogP contribution is -2.34. The molecule has 3 N–H and O–H groups in total. The summed E-state index contributed by atoms with van der Waals surface area (Å²) in [5, 5.41) is 10.2. The van der Waals surface area contributed by atoms with E-state index in [2.05, 4.69) is 25.9 Å². The maximum atomic E-state index is 12.9. The molecule has 0 saturated heterocycles. The zero-order valence-electron chi connectivity index (χ0n) is 21.3. The second kappa shape index (κ2) is 11.4. The Bertz CT molecular complexity index is 1540. The first-order chi connectivity index (χ1) is 18.8. The molecule has 0 fully saturated rings. The van der Waals surface area contributed by atoms with Crippen LogP contribution in [0.15, 0.2) is 72.9 Å². The number of rotatable bonds is 7. The number of carbonyl (C=O) groups excluding carboxylic acids is 2. The van der Waals surface area contributed by atoms with Gasteiger partial charge in [0.05, 0.1) is 23.8 Å². The highest BCUT2D eigenvalue weighted by Crippen LogP contribution is 2.35.